The first kappa shape index (κ1) is 27.8. The van der Waals surface area contributed by atoms with Crippen molar-refractivity contribution in [2.45, 2.75) is 51.6 Å². The summed E-state index contributed by atoms with van der Waals surface area (Å²) in [6.07, 6.45) is 0.758. The minimum atomic E-state index is -3.66. The molecule has 7 nitrogen and oxygen atoms in total. The van der Waals surface area contributed by atoms with Crippen LogP contribution in [0.5, 0.6) is 5.75 Å². The average molecular weight is 490 g/mol. The Morgan fingerprint density at radius 1 is 0.941 bits per heavy atom. The lowest BCUT2D eigenvalue weighted by molar-refractivity contribution is -0.131. The normalized spacial score (nSPS) is 11.8. The van der Waals surface area contributed by atoms with Crippen LogP contribution in [0.2, 0.25) is 0 Å². The number of carbonyl (C=O) groups excluding carboxylic acids is 1. The molecule has 0 radical (unpaired) electrons. The van der Waals surface area contributed by atoms with Gasteiger partial charge in [0.2, 0.25) is 15.9 Å². The van der Waals surface area contributed by atoms with E-state index in [1.165, 1.54) is 9.87 Å². The number of hydrogen-bond acceptors (Lipinski definition) is 5. The fourth-order valence-corrected chi connectivity index (χ4v) is 5.65. The van der Waals surface area contributed by atoms with Crippen LogP contribution in [0, 0.1) is 13.8 Å². The highest BCUT2D eigenvalue weighted by Gasteiger charge is 2.25. The van der Waals surface area contributed by atoms with E-state index in [0.29, 0.717) is 47.7 Å². The van der Waals surface area contributed by atoms with Gasteiger partial charge in [-0.05, 0) is 75.7 Å². The lowest BCUT2D eigenvalue weighted by atomic mass is 10.1. The lowest BCUT2D eigenvalue weighted by Crippen LogP contribution is -2.32. The molecular weight excluding hydrogens is 450 g/mol. The molecule has 1 amide bonds. The number of rotatable bonds is 12. The molecule has 0 heterocycles. The predicted octanol–water partition coefficient (Wildman–Crippen LogP) is 3.82. The third-order valence-electron chi connectivity index (χ3n) is 5.83. The number of aryl methyl sites for hydroxylation is 2. The highest BCUT2D eigenvalue weighted by atomic mass is 32.2. The number of amides is 1. The zero-order valence-corrected chi connectivity index (χ0v) is 22.4. The van der Waals surface area contributed by atoms with Crippen molar-refractivity contribution in [1.29, 1.82) is 0 Å². The fourth-order valence-electron chi connectivity index (χ4n) is 4.03. The van der Waals surface area contributed by atoms with E-state index in [1.54, 1.807) is 40.1 Å². The third-order valence-corrected chi connectivity index (χ3v) is 7.99. The van der Waals surface area contributed by atoms with Gasteiger partial charge < -0.3 is 14.5 Å². The van der Waals surface area contributed by atoms with Crippen LogP contribution in [-0.2, 0) is 27.9 Å². The van der Waals surface area contributed by atoms with Gasteiger partial charge in [0, 0.05) is 39.6 Å². The number of ether oxygens (including phenoxy) is 1. The molecule has 0 fully saturated rings. The molecule has 8 heteroatoms. The molecule has 0 saturated heterocycles. The quantitative estimate of drug-likeness (QED) is 0.453. The van der Waals surface area contributed by atoms with E-state index in [0.717, 1.165) is 12.1 Å². The van der Waals surface area contributed by atoms with Crippen molar-refractivity contribution in [3.05, 3.63) is 58.7 Å². The first-order valence-corrected chi connectivity index (χ1v) is 13.1. The van der Waals surface area contributed by atoms with Crippen molar-refractivity contribution in [3.63, 3.8) is 0 Å². The maximum atomic E-state index is 13.2. The zero-order valence-electron chi connectivity index (χ0n) is 21.6. The van der Waals surface area contributed by atoms with E-state index in [2.05, 4.69) is 29.2 Å². The fraction of sp³-hybridized carbons (Fsp3) is 0.500. The van der Waals surface area contributed by atoms with Crippen LogP contribution in [0.25, 0.3) is 0 Å². The zero-order chi connectivity index (χ0) is 25.5. The molecule has 0 atom stereocenters. The second-order valence-corrected chi connectivity index (χ2v) is 11.0. The topological polar surface area (TPSA) is 70.2 Å². The van der Waals surface area contributed by atoms with Crippen LogP contribution < -0.4 is 4.74 Å². The Morgan fingerprint density at radius 3 is 1.94 bits per heavy atom. The molecule has 2 rings (SSSR count). The number of benzene rings is 2. The Balaban J connectivity index is 1.96. The van der Waals surface area contributed by atoms with Gasteiger partial charge >= 0.3 is 0 Å². The van der Waals surface area contributed by atoms with E-state index in [9.17, 15) is 13.2 Å². The number of methoxy groups -OCH3 is 1. The molecular formula is C26H39N3O4S. The minimum absolute atomic E-state index is 0.0301. The van der Waals surface area contributed by atoms with Crippen LogP contribution in [0.15, 0.2) is 41.3 Å². The van der Waals surface area contributed by atoms with Crippen molar-refractivity contribution in [1.82, 2.24) is 14.1 Å². The number of carbonyl (C=O) groups is 1. The van der Waals surface area contributed by atoms with Gasteiger partial charge in [0.15, 0.2) is 0 Å². The standard InChI is InChI=1S/C26H39N3O4S/c1-8-29(19-23-13-11-22(12-14-23)18-27(4)5)25(30)10-9-15-28(6)34(31,32)26-20(2)16-24(33-7)17-21(26)3/h11-14,16-17H,8-10,15,18-19H2,1-7H3. The Labute approximate surface area is 205 Å². The molecule has 0 aliphatic rings. The Hall–Kier alpha value is -2.42. The Morgan fingerprint density at radius 2 is 1.47 bits per heavy atom. The molecule has 0 aliphatic carbocycles. The van der Waals surface area contributed by atoms with Crippen molar-refractivity contribution >= 4 is 15.9 Å². The van der Waals surface area contributed by atoms with E-state index >= 15 is 0 Å². The Bertz CT molecular complexity index is 1040. The van der Waals surface area contributed by atoms with E-state index in [1.807, 2.05) is 25.9 Å². The van der Waals surface area contributed by atoms with Gasteiger partial charge in [0.05, 0.1) is 12.0 Å². The monoisotopic (exact) mass is 489 g/mol. The molecule has 2 aromatic carbocycles. The van der Waals surface area contributed by atoms with Crippen LogP contribution in [-0.4, -0.2) is 69.8 Å². The number of nitrogens with zero attached hydrogens (tertiary/aromatic N) is 3. The van der Waals surface area contributed by atoms with Crippen LogP contribution in [0.4, 0.5) is 0 Å². The average Bonchev–Trinajstić information content (AvgIpc) is 2.77. The molecule has 188 valence electrons. The van der Waals surface area contributed by atoms with Gasteiger partial charge in [-0.25, -0.2) is 12.7 Å². The summed E-state index contributed by atoms with van der Waals surface area (Å²) in [5.74, 6) is 0.664. The summed E-state index contributed by atoms with van der Waals surface area (Å²) >= 11 is 0. The largest absolute Gasteiger partial charge is 0.497 e. The first-order chi connectivity index (χ1) is 16.0. The summed E-state index contributed by atoms with van der Waals surface area (Å²) < 4.78 is 32.9. The summed E-state index contributed by atoms with van der Waals surface area (Å²) in [4.78, 5) is 17.0. The summed E-state index contributed by atoms with van der Waals surface area (Å²) in [5.41, 5.74) is 3.61. The van der Waals surface area contributed by atoms with Crippen molar-refractivity contribution in [2.24, 2.45) is 0 Å². The SMILES string of the molecule is CCN(Cc1ccc(CN(C)C)cc1)C(=O)CCCN(C)S(=O)(=O)c1c(C)cc(OC)cc1C. The lowest BCUT2D eigenvalue weighted by Gasteiger charge is -2.23. The third kappa shape index (κ3) is 7.29. The maximum Gasteiger partial charge on any atom is 0.243 e. The van der Waals surface area contributed by atoms with Crippen LogP contribution in [0.1, 0.15) is 42.0 Å². The minimum Gasteiger partial charge on any atom is -0.497 e. The second-order valence-electron chi connectivity index (χ2n) is 8.98. The van der Waals surface area contributed by atoms with Crippen LogP contribution in [0.3, 0.4) is 0 Å². The number of sulfonamides is 1. The van der Waals surface area contributed by atoms with Gasteiger partial charge in [-0.15, -0.1) is 0 Å². The smallest absolute Gasteiger partial charge is 0.243 e. The Kier molecular flexibility index (Phi) is 10.1. The highest BCUT2D eigenvalue weighted by Crippen LogP contribution is 2.28. The van der Waals surface area contributed by atoms with Crippen molar-refractivity contribution in [2.75, 3.05) is 41.3 Å². The van der Waals surface area contributed by atoms with Gasteiger partial charge in [0.25, 0.3) is 0 Å². The molecule has 0 saturated carbocycles. The van der Waals surface area contributed by atoms with E-state index in [-0.39, 0.29) is 12.5 Å². The molecule has 0 aromatic heterocycles. The molecule has 0 aliphatic heterocycles. The molecule has 0 N–H and O–H groups in total. The summed E-state index contributed by atoms with van der Waals surface area (Å²) in [7, 11) is 3.54. The van der Waals surface area contributed by atoms with Crippen molar-refractivity contribution in [3.8, 4) is 5.75 Å². The molecule has 0 spiro atoms. The van der Waals surface area contributed by atoms with Crippen LogP contribution >= 0.6 is 0 Å². The second kappa shape index (κ2) is 12.3. The first-order valence-electron chi connectivity index (χ1n) is 11.6. The molecule has 0 unspecified atom stereocenters. The van der Waals surface area contributed by atoms with Gasteiger partial charge in [0.1, 0.15) is 5.75 Å². The summed E-state index contributed by atoms with van der Waals surface area (Å²) in [6.45, 7) is 7.81. The summed E-state index contributed by atoms with van der Waals surface area (Å²) in [6, 6.07) is 11.8. The van der Waals surface area contributed by atoms with Gasteiger partial charge in [-0.1, -0.05) is 24.3 Å². The molecule has 34 heavy (non-hydrogen) atoms. The maximum absolute atomic E-state index is 13.2. The van der Waals surface area contributed by atoms with E-state index < -0.39 is 10.0 Å². The molecule has 2 aromatic rings. The van der Waals surface area contributed by atoms with Gasteiger partial charge in [-0.3, -0.25) is 4.79 Å². The van der Waals surface area contributed by atoms with E-state index in [4.69, 9.17) is 4.74 Å². The highest BCUT2D eigenvalue weighted by molar-refractivity contribution is 7.89. The summed E-state index contributed by atoms with van der Waals surface area (Å²) in [5, 5.41) is 0. The predicted molar refractivity (Wildman–Crippen MR) is 136 cm³/mol. The van der Waals surface area contributed by atoms with Gasteiger partial charge in [-0.2, -0.15) is 0 Å². The van der Waals surface area contributed by atoms with Crippen molar-refractivity contribution < 1.29 is 17.9 Å². The number of hydrogen-bond donors (Lipinski definition) is 0. The molecule has 0 bridgehead atoms.